The number of nitrogens with zero attached hydrogens (tertiary/aromatic N) is 3. The first-order valence-electron chi connectivity index (χ1n) is 13.3. The van der Waals surface area contributed by atoms with Gasteiger partial charge in [0.25, 0.3) is 0 Å². The van der Waals surface area contributed by atoms with Crippen molar-refractivity contribution in [1.82, 2.24) is 14.5 Å². The van der Waals surface area contributed by atoms with Gasteiger partial charge in [0.05, 0.1) is 27.3 Å². The molecule has 0 aliphatic rings. The molecule has 8 rings (SSSR count). The van der Waals surface area contributed by atoms with Gasteiger partial charge in [0.1, 0.15) is 0 Å². The predicted octanol–water partition coefficient (Wildman–Crippen LogP) is 9.87. The molecule has 0 bridgehead atoms. The Hall–Kier alpha value is -4.99. The van der Waals surface area contributed by atoms with E-state index in [0.717, 1.165) is 49.4 Å². The molecule has 2 heterocycles. The number of rotatable bonds is 3. The lowest BCUT2D eigenvalue weighted by molar-refractivity contribution is 1.01. The van der Waals surface area contributed by atoms with E-state index in [-0.39, 0.29) is 0 Å². The number of para-hydroxylation sites is 1. The van der Waals surface area contributed by atoms with Gasteiger partial charge in [0.2, 0.25) is 5.95 Å². The van der Waals surface area contributed by atoms with Crippen molar-refractivity contribution in [2.75, 3.05) is 0 Å². The first-order valence-corrected chi connectivity index (χ1v) is 13.7. The van der Waals surface area contributed by atoms with Crippen molar-refractivity contribution >= 4 is 55.1 Å². The minimum absolute atomic E-state index is 0.624. The van der Waals surface area contributed by atoms with Gasteiger partial charge in [-0.1, -0.05) is 115 Å². The van der Waals surface area contributed by atoms with Crippen LogP contribution in [0.2, 0.25) is 5.02 Å². The molecule has 0 aliphatic carbocycles. The van der Waals surface area contributed by atoms with E-state index in [1.54, 1.807) is 0 Å². The third-order valence-electron chi connectivity index (χ3n) is 7.66. The molecule has 0 N–H and O–H groups in total. The highest BCUT2D eigenvalue weighted by Crippen LogP contribution is 2.38. The molecule has 0 amide bonds. The van der Waals surface area contributed by atoms with Crippen LogP contribution in [0.5, 0.6) is 0 Å². The van der Waals surface area contributed by atoms with E-state index in [0.29, 0.717) is 11.0 Å². The SMILES string of the molecule is Clc1cccc2c1c1cc3ccccc3cc1n2-c1nc(-c2ccc(-c3ccccc3)cc2)c2ccccc2n1. The average Bonchev–Trinajstić information content (AvgIpc) is 3.34. The molecule has 0 unspecified atom stereocenters. The summed E-state index contributed by atoms with van der Waals surface area (Å²) < 4.78 is 2.15. The molecular formula is C36H22ClN3. The zero-order chi connectivity index (χ0) is 26.6. The molecule has 0 atom stereocenters. The number of aromatic nitrogens is 3. The minimum Gasteiger partial charge on any atom is -0.278 e. The third-order valence-corrected chi connectivity index (χ3v) is 7.98. The fourth-order valence-electron chi connectivity index (χ4n) is 5.76. The van der Waals surface area contributed by atoms with Gasteiger partial charge in [0, 0.05) is 21.7 Å². The minimum atomic E-state index is 0.624. The molecule has 0 aliphatic heterocycles. The van der Waals surface area contributed by atoms with Gasteiger partial charge in [-0.3, -0.25) is 4.57 Å². The quantitative estimate of drug-likeness (QED) is 0.227. The molecule has 8 aromatic rings. The first-order chi connectivity index (χ1) is 19.7. The van der Waals surface area contributed by atoms with E-state index < -0.39 is 0 Å². The molecule has 2 aromatic heterocycles. The van der Waals surface area contributed by atoms with Crippen LogP contribution in [0, 0.1) is 0 Å². The number of hydrogen-bond acceptors (Lipinski definition) is 2. The summed E-state index contributed by atoms with van der Waals surface area (Å²) in [5.41, 5.74) is 7.22. The van der Waals surface area contributed by atoms with Crippen LogP contribution < -0.4 is 0 Å². The maximum Gasteiger partial charge on any atom is 0.235 e. The molecule has 0 fully saturated rings. The van der Waals surface area contributed by atoms with Crippen molar-refractivity contribution in [2.24, 2.45) is 0 Å². The lowest BCUT2D eigenvalue weighted by atomic mass is 10.0. The van der Waals surface area contributed by atoms with Crippen molar-refractivity contribution in [3.63, 3.8) is 0 Å². The van der Waals surface area contributed by atoms with Gasteiger partial charge in [-0.15, -0.1) is 0 Å². The van der Waals surface area contributed by atoms with E-state index in [4.69, 9.17) is 21.6 Å². The van der Waals surface area contributed by atoms with E-state index in [2.05, 4.69) is 108 Å². The maximum atomic E-state index is 6.82. The normalized spacial score (nSPS) is 11.6. The van der Waals surface area contributed by atoms with Gasteiger partial charge in [0.15, 0.2) is 0 Å². The maximum absolute atomic E-state index is 6.82. The Kier molecular flexibility index (Phi) is 5.19. The molecule has 0 saturated carbocycles. The Morgan fingerprint density at radius 2 is 1.18 bits per heavy atom. The number of fused-ring (bicyclic) bond motifs is 5. The zero-order valence-corrected chi connectivity index (χ0v) is 22.2. The fraction of sp³-hybridized carbons (Fsp3) is 0. The lowest BCUT2D eigenvalue weighted by Crippen LogP contribution is -2.03. The highest BCUT2D eigenvalue weighted by Gasteiger charge is 2.19. The number of hydrogen-bond donors (Lipinski definition) is 0. The Labute approximate surface area is 235 Å². The van der Waals surface area contributed by atoms with Crippen LogP contribution in [-0.2, 0) is 0 Å². The van der Waals surface area contributed by atoms with Crippen molar-refractivity contribution in [3.05, 3.63) is 138 Å². The average molecular weight is 532 g/mol. The monoisotopic (exact) mass is 531 g/mol. The molecule has 0 spiro atoms. The topological polar surface area (TPSA) is 30.7 Å². The fourth-order valence-corrected chi connectivity index (χ4v) is 6.03. The van der Waals surface area contributed by atoms with Crippen LogP contribution in [-0.4, -0.2) is 14.5 Å². The van der Waals surface area contributed by atoms with Gasteiger partial charge in [-0.2, -0.15) is 0 Å². The van der Waals surface area contributed by atoms with Crippen LogP contribution in [0.15, 0.2) is 133 Å². The van der Waals surface area contributed by atoms with Crippen LogP contribution in [0.1, 0.15) is 0 Å². The zero-order valence-electron chi connectivity index (χ0n) is 21.4. The van der Waals surface area contributed by atoms with Crippen molar-refractivity contribution in [3.8, 4) is 28.3 Å². The summed E-state index contributed by atoms with van der Waals surface area (Å²) in [4.78, 5) is 10.3. The Morgan fingerprint density at radius 3 is 2.00 bits per heavy atom. The van der Waals surface area contributed by atoms with E-state index >= 15 is 0 Å². The first kappa shape index (κ1) is 22.9. The number of benzene rings is 6. The summed E-state index contributed by atoms with van der Waals surface area (Å²) >= 11 is 6.82. The van der Waals surface area contributed by atoms with Crippen LogP contribution in [0.3, 0.4) is 0 Å². The van der Waals surface area contributed by atoms with Crippen LogP contribution in [0.25, 0.3) is 71.8 Å². The van der Waals surface area contributed by atoms with Crippen LogP contribution >= 0.6 is 11.6 Å². The lowest BCUT2D eigenvalue weighted by Gasteiger charge is -2.12. The Balaban J connectivity index is 1.41. The molecule has 6 aromatic carbocycles. The summed E-state index contributed by atoms with van der Waals surface area (Å²) in [5, 5.41) is 6.16. The van der Waals surface area contributed by atoms with E-state index in [9.17, 15) is 0 Å². The predicted molar refractivity (Wildman–Crippen MR) is 167 cm³/mol. The third kappa shape index (κ3) is 3.59. The summed E-state index contributed by atoms with van der Waals surface area (Å²) in [7, 11) is 0. The highest BCUT2D eigenvalue weighted by molar-refractivity contribution is 6.38. The van der Waals surface area contributed by atoms with Crippen LogP contribution in [0.4, 0.5) is 0 Å². The second-order valence-corrected chi connectivity index (χ2v) is 10.4. The van der Waals surface area contributed by atoms with Crippen molar-refractivity contribution in [2.45, 2.75) is 0 Å². The highest BCUT2D eigenvalue weighted by atomic mass is 35.5. The standard InChI is InChI=1S/C36H22ClN3/c37-30-14-8-16-32-34(30)29-21-26-11-4-5-12-27(26)22-33(29)40(32)36-38-31-15-7-6-13-28(31)35(39-36)25-19-17-24(18-20-25)23-9-2-1-3-10-23/h1-22H. The number of halogens is 1. The molecule has 0 radical (unpaired) electrons. The molecule has 0 saturated heterocycles. The van der Waals surface area contributed by atoms with Crippen molar-refractivity contribution in [1.29, 1.82) is 0 Å². The van der Waals surface area contributed by atoms with Gasteiger partial charge in [-0.25, -0.2) is 9.97 Å². The molecule has 40 heavy (non-hydrogen) atoms. The molecular weight excluding hydrogens is 510 g/mol. The Bertz CT molecular complexity index is 2210. The summed E-state index contributed by atoms with van der Waals surface area (Å²) in [6.07, 6.45) is 0. The summed E-state index contributed by atoms with van der Waals surface area (Å²) in [6, 6.07) is 46.1. The Morgan fingerprint density at radius 1 is 0.500 bits per heavy atom. The van der Waals surface area contributed by atoms with Crippen molar-refractivity contribution < 1.29 is 0 Å². The molecule has 4 heteroatoms. The smallest absolute Gasteiger partial charge is 0.235 e. The molecule has 3 nitrogen and oxygen atoms in total. The van der Waals surface area contributed by atoms with Gasteiger partial charge < -0.3 is 0 Å². The van der Waals surface area contributed by atoms with E-state index in [1.807, 2.05) is 30.3 Å². The second-order valence-electron chi connectivity index (χ2n) is 10.0. The van der Waals surface area contributed by atoms with Gasteiger partial charge in [-0.05, 0) is 52.2 Å². The largest absolute Gasteiger partial charge is 0.278 e. The summed E-state index contributed by atoms with van der Waals surface area (Å²) in [5.74, 6) is 0.624. The molecule has 188 valence electrons. The van der Waals surface area contributed by atoms with Gasteiger partial charge >= 0.3 is 0 Å². The summed E-state index contributed by atoms with van der Waals surface area (Å²) in [6.45, 7) is 0. The second kappa shape index (κ2) is 9.04. The van der Waals surface area contributed by atoms with E-state index in [1.165, 1.54) is 16.5 Å².